The molecule has 0 radical (unpaired) electrons. The zero-order chi connectivity index (χ0) is 28.9. The Labute approximate surface area is 238 Å². The van der Waals surface area contributed by atoms with Gasteiger partial charge in [0.15, 0.2) is 0 Å². The van der Waals surface area contributed by atoms with Crippen LogP contribution < -0.4 is 10.1 Å². The molecule has 2 amide bonds. The molecule has 1 saturated heterocycles. The van der Waals surface area contributed by atoms with Crippen molar-refractivity contribution in [2.45, 2.75) is 32.8 Å². The van der Waals surface area contributed by atoms with Gasteiger partial charge < -0.3 is 14.4 Å². The Hall–Kier alpha value is -4.50. The van der Waals surface area contributed by atoms with Crippen molar-refractivity contribution in [3.8, 4) is 22.7 Å². The number of amides is 2. The second kappa shape index (κ2) is 12.3. The molecule has 1 fully saturated rings. The maximum atomic E-state index is 13.5. The molecule has 1 aliphatic heterocycles. The molecule has 4 aromatic rings. The first kappa shape index (κ1) is 28.0. The van der Waals surface area contributed by atoms with E-state index in [1.165, 1.54) is 29.2 Å². The third-order valence-corrected chi connectivity index (χ3v) is 7.27. The highest BCUT2D eigenvalue weighted by atomic mass is 19.1. The number of imidazole rings is 1. The number of halogens is 1. The van der Waals surface area contributed by atoms with Gasteiger partial charge in [0.1, 0.15) is 18.1 Å². The second-order valence-corrected chi connectivity index (χ2v) is 10.2. The van der Waals surface area contributed by atoms with Gasteiger partial charge in [-0.15, -0.1) is 0 Å². The molecule has 41 heavy (non-hydrogen) atoms. The number of aryl methyl sites for hydroxylation is 2. The van der Waals surface area contributed by atoms with Crippen LogP contribution in [0, 0.1) is 19.7 Å². The number of rotatable bonds is 9. The molecule has 1 aromatic heterocycles. The zero-order valence-corrected chi connectivity index (χ0v) is 23.4. The molecular formula is C32H33FN4O4. The molecule has 0 unspecified atom stereocenters. The number of methoxy groups -OCH3 is 1. The number of nitrogens with one attached hydrogen (secondary N) is 1. The Balaban J connectivity index is 1.43. The Morgan fingerprint density at radius 2 is 1.83 bits per heavy atom. The van der Waals surface area contributed by atoms with E-state index in [1.54, 1.807) is 7.11 Å². The number of hydrogen-bond acceptors (Lipinski definition) is 5. The topological polar surface area (TPSA) is 85.7 Å². The van der Waals surface area contributed by atoms with E-state index in [9.17, 15) is 14.0 Å². The van der Waals surface area contributed by atoms with Crippen molar-refractivity contribution in [2.75, 3.05) is 32.1 Å². The summed E-state index contributed by atoms with van der Waals surface area (Å²) in [5.41, 5.74) is 4.92. The van der Waals surface area contributed by atoms with Crippen molar-refractivity contribution in [3.63, 3.8) is 0 Å². The quantitative estimate of drug-likeness (QED) is 0.292. The minimum absolute atomic E-state index is 0.161. The second-order valence-electron chi connectivity index (χ2n) is 10.2. The smallest absolute Gasteiger partial charge is 0.254 e. The summed E-state index contributed by atoms with van der Waals surface area (Å²) in [6.45, 7) is 4.73. The lowest BCUT2D eigenvalue weighted by Gasteiger charge is -2.25. The first-order valence-electron chi connectivity index (χ1n) is 13.6. The first-order chi connectivity index (χ1) is 19.8. The summed E-state index contributed by atoms with van der Waals surface area (Å²) in [5.74, 6) is -0.151. The van der Waals surface area contributed by atoms with Gasteiger partial charge in [0, 0.05) is 36.2 Å². The van der Waals surface area contributed by atoms with Crippen LogP contribution in [0.15, 0.2) is 72.9 Å². The standard InChI is InChI=1S/C32H33FN4O4/c1-21-6-13-26(17-22(21)2)37-19-29(23-9-14-27(40-3)15-10-23)34-32(37)35-30(38)20-36(18-28-5-4-16-41-28)31(39)24-7-11-25(33)12-8-24/h6-15,17,19,28H,4-5,16,18,20H2,1-3H3,(H,34,35,38)/t28-/m1/s1. The number of benzene rings is 3. The van der Waals surface area contributed by atoms with Crippen molar-refractivity contribution in [1.82, 2.24) is 14.5 Å². The summed E-state index contributed by atoms with van der Waals surface area (Å²) in [5, 5.41) is 2.92. The summed E-state index contributed by atoms with van der Waals surface area (Å²) < 4.78 is 26.3. The number of ether oxygens (including phenoxy) is 2. The van der Waals surface area contributed by atoms with Gasteiger partial charge in [-0.25, -0.2) is 9.37 Å². The Morgan fingerprint density at radius 3 is 2.49 bits per heavy atom. The van der Waals surface area contributed by atoms with Crippen LogP contribution in [0.25, 0.3) is 16.9 Å². The summed E-state index contributed by atoms with van der Waals surface area (Å²) in [4.78, 5) is 33.0. The summed E-state index contributed by atoms with van der Waals surface area (Å²) in [6, 6.07) is 18.9. The van der Waals surface area contributed by atoms with Gasteiger partial charge in [0.25, 0.3) is 5.91 Å². The maximum Gasteiger partial charge on any atom is 0.254 e. The highest BCUT2D eigenvalue weighted by Crippen LogP contribution is 2.27. The molecule has 1 N–H and O–H groups in total. The average molecular weight is 557 g/mol. The fraction of sp³-hybridized carbons (Fsp3) is 0.281. The summed E-state index contributed by atoms with van der Waals surface area (Å²) in [7, 11) is 1.61. The SMILES string of the molecule is COc1ccc(-c2cn(-c3ccc(C)c(C)c3)c(NC(=O)CN(C[C@H]3CCCO3)C(=O)c3ccc(F)cc3)n2)cc1. The van der Waals surface area contributed by atoms with Crippen molar-refractivity contribution >= 4 is 17.8 Å². The first-order valence-corrected chi connectivity index (χ1v) is 13.6. The average Bonchev–Trinajstić information content (AvgIpc) is 3.64. The van der Waals surface area contributed by atoms with E-state index >= 15 is 0 Å². The fourth-order valence-corrected chi connectivity index (χ4v) is 4.81. The van der Waals surface area contributed by atoms with Crippen molar-refractivity contribution in [3.05, 3.63) is 95.4 Å². The number of anilines is 1. The van der Waals surface area contributed by atoms with E-state index in [0.29, 0.717) is 23.8 Å². The fourth-order valence-electron chi connectivity index (χ4n) is 4.81. The number of hydrogen-bond donors (Lipinski definition) is 1. The highest BCUT2D eigenvalue weighted by molar-refractivity contribution is 5.99. The van der Waals surface area contributed by atoms with Crippen molar-refractivity contribution in [2.24, 2.45) is 0 Å². The molecular weight excluding hydrogens is 523 g/mol. The van der Waals surface area contributed by atoms with Crippen LogP contribution in [0.5, 0.6) is 5.75 Å². The molecule has 0 bridgehead atoms. The van der Waals surface area contributed by atoms with Crippen LogP contribution in [0.3, 0.4) is 0 Å². The van der Waals surface area contributed by atoms with Gasteiger partial charge in [0.2, 0.25) is 11.9 Å². The molecule has 212 valence electrons. The zero-order valence-electron chi connectivity index (χ0n) is 23.4. The van der Waals surface area contributed by atoms with E-state index in [-0.39, 0.29) is 25.1 Å². The molecule has 9 heteroatoms. The number of carbonyl (C=O) groups is 2. The lowest BCUT2D eigenvalue weighted by atomic mass is 10.1. The van der Waals surface area contributed by atoms with Gasteiger partial charge in [-0.3, -0.25) is 19.5 Å². The van der Waals surface area contributed by atoms with Crippen molar-refractivity contribution in [1.29, 1.82) is 0 Å². The van der Waals surface area contributed by atoms with Gasteiger partial charge in [0.05, 0.1) is 18.9 Å². The molecule has 8 nitrogen and oxygen atoms in total. The predicted octanol–water partition coefficient (Wildman–Crippen LogP) is 5.56. The predicted molar refractivity (Wildman–Crippen MR) is 155 cm³/mol. The van der Waals surface area contributed by atoms with Gasteiger partial charge in [-0.1, -0.05) is 6.07 Å². The van der Waals surface area contributed by atoms with Crippen molar-refractivity contribution < 1.29 is 23.5 Å². The molecule has 1 atom stereocenters. The minimum Gasteiger partial charge on any atom is -0.497 e. The molecule has 5 rings (SSSR count). The maximum absolute atomic E-state index is 13.5. The Bertz CT molecular complexity index is 1530. The van der Waals surface area contributed by atoms with Crippen LogP contribution in [0.4, 0.5) is 10.3 Å². The molecule has 3 aromatic carbocycles. The molecule has 0 aliphatic carbocycles. The Kier molecular flexibility index (Phi) is 8.45. The number of aromatic nitrogens is 2. The molecule has 0 saturated carbocycles. The van der Waals surface area contributed by atoms with Crippen LogP contribution >= 0.6 is 0 Å². The van der Waals surface area contributed by atoms with E-state index in [4.69, 9.17) is 14.5 Å². The van der Waals surface area contributed by atoms with E-state index in [2.05, 4.69) is 5.32 Å². The van der Waals surface area contributed by atoms with E-state index in [0.717, 1.165) is 41.0 Å². The van der Waals surface area contributed by atoms with Gasteiger partial charge in [-0.05, 0) is 98.5 Å². The Morgan fingerprint density at radius 1 is 1.07 bits per heavy atom. The number of carbonyl (C=O) groups excluding carboxylic acids is 2. The molecule has 2 heterocycles. The molecule has 1 aliphatic rings. The van der Waals surface area contributed by atoms with E-state index < -0.39 is 11.7 Å². The third-order valence-electron chi connectivity index (χ3n) is 7.27. The van der Waals surface area contributed by atoms with Gasteiger partial charge >= 0.3 is 0 Å². The summed E-state index contributed by atoms with van der Waals surface area (Å²) in [6.07, 6.45) is 3.41. The largest absolute Gasteiger partial charge is 0.497 e. The highest BCUT2D eigenvalue weighted by Gasteiger charge is 2.26. The lowest BCUT2D eigenvalue weighted by molar-refractivity contribution is -0.117. The lowest BCUT2D eigenvalue weighted by Crippen LogP contribution is -2.42. The summed E-state index contributed by atoms with van der Waals surface area (Å²) >= 11 is 0. The van der Waals surface area contributed by atoms with Crippen LogP contribution in [0.2, 0.25) is 0 Å². The van der Waals surface area contributed by atoms with E-state index in [1.807, 2.05) is 67.1 Å². The number of nitrogens with zero attached hydrogens (tertiary/aromatic N) is 3. The third kappa shape index (κ3) is 6.63. The van der Waals surface area contributed by atoms with Gasteiger partial charge in [-0.2, -0.15) is 0 Å². The van der Waals surface area contributed by atoms with Crippen LogP contribution in [-0.4, -0.2) is 59.2 Å². The normalized spacial score (nSPS) is 14.6. The van der Waals surface area contributed by atoms with Crippen LogP contribution in [0.1, 0.15) is 34.3 Å². The van der Waals surface area contributed by atoms with Crippen LogP contribution in [-0.2, 0) is 9.53 Å². The minimum atomic E-state index is -0.434. The monoisotopic (exact) mass is 556 g/mol. The molecule has 0 spiro atoms.